The van der Waals surface area contributed by atoms with Crippen molar-refractivity contribution in [3.8, 4) is 0 Å². The summed E-state index contributed by atoms with van der Waals surface area (Å²) in [5, 5.41) is 5.41. The van der Waals surface area contributed by atoms with Crippen molar-refractivity contribution in [3.63, 3.8) is 0 Å². The Bertz CT molecular complexity index is 1130. The van der Waals surface area contributed by atoms with Crippen LogP contribution in [0.25, 0.3) is 0 Å². The molecule has 0 atom stereocenters. The molecule has 1 aliphatic heterocycles. The van der Waals surface area contributed by atoms with Gasteiger partial charge in [0.1, 0.15) is 0 Å². The molecule has 3 aromatic rings. The van der Waals surface area contributed by atoms with Crippen LogP contribution in [0, 0.1) is 0 Å². The number of carbonyl (C=O) groups is 1. The van der Waals surface area contributed by atoms with E-state index in [9.17, 15) is 18.0 Å². The van der Waals surface area contributed by atoms with Crippen LogP contribution in [0.2, 0.25) is 0 Å². The second-order valence-electron chi connectivity index (χ2n) is 8.03. The fourth-order valence-electron chi connectivity index (χ4n) is 4.02. The van der Waals surface area contributed by atoms with Crippen molar-refractivity contribution in [1.29, 1.82) is 0 Å². The summed E-state index contributed by atoms with van der Waals surface area (Å²) in [6.45, 7) is 2.00. The van der Waals surface area contributed by atoms with Crippen molar-refractivity contribution in [2.75, 3.05) is 36.5 Å². The lowest BCUT2D eigenvalue weighted by Crippen LogP contribution is -2.39. The van der Waals surface area contributed by atoms with Gasteiger partial charge in [0, 0.05) is 13.1 Å². The number of hydrogen-bond acceptors (Lipinski definition) is 4. The van der Waals surface area contributed by atoms with E-state index in [-0.39, 0.29) is 16.7 Å². The first-order chi connectivity index (χ1) is 16.8. The summed E-state index contributed by atoms with van der Waals surface area (Å²) in [6, 6.07) is 21.9. The minimum absolute atomic E-state index is 0.0827. The standard InChI is InChI=1S/C26H24F3N3O2S/c27-26(28,29)20-11-12-22(32-13-15-34-16-14-32)21(17-20)30-25(35)31-24(33)23(18-7-3-1-4-8-18)19-9-5-2-6-10-19/h1-12,17,23H,13-16H2,(H2,30,31,33,35). The highest BCUT2D eigenvalue weighted by molar-refractivity contribution is 7.80. The Morgan fingerprint density at radius 2 is 1.49 bits per heavy atom. The van der Waals surface area contributed by atoms with Crippen molar-refractivity contribution in [2.24, 2.45) is 0 Å². The fraction of sp³-hybridized carbons (Fsp3) is 0.231. The molecule has 2 N–H and O–H groups in total. The van der Waals surface area contributed by atoms with Crippen LogP contribution in [0.3, 0.4) is 0 Å². The minimum atomic E-state index is -4.52. The Hall–Kier alpha value is -3.43. The molecule has 182 valence electrons. The molecule has 4 rings (SSSR count). The number of thiocarbonyl (C=S) groups is 1. The first kappa shape index (κ1) is 24.7. The Morgan fingerprint density at radius 1 is 0.914 bits per heavy atom. The average molecular weight is 500 g/mol. The van der Waals surface area contributed by atoms with E-state index in [1.807, 2.05) is 65.6 Å². The topological polar surface area (TPSA) is 53.6 Å². The summed E-state index contributed by atoms with van der Waals surface area (Å²) in [5.74, 6) is -1.03. The van der Waals surface area contributed by atoms with Crippen molar-refractivity contribution in [3.05, 3.63) is 95.6 Å². The normalized spacial score (nSPS) is 14.0. The number of nitrogens with one attached hydrogen (secondary N) is 2. The molecule has 35 heavy (non-hydrogen) atoms. The summed E-state index contributed by atoms with van der Waals surface area (Å²) in [6.07, 6.45) is -4.52. The number of nitrogens with zero attached hydrogens (tertiary/aromatic N) is 1. The number of hydrogen-bond donors (Lipinski definition) is 2. The third-order valence-corrected chi connectivity index (χ3v) is 5.89. The third kappa shape index (κ3) is 6.17. The maximum atomic E-state index is 13.4. The van der Waals surface area contributed by atoms with E-state index in [1.54, 1.807) is 0 Å². The lowest BCUT2D eigenvalue weighted by atomic mass is 9.90. The lowest BCUT2D eigenvalue weighted by molar-refractivity contribution is -0.137. The van der Waals surface area contributed by atoms with E-state index >= 15 is 0 Å². The quantitative estimate of drug-likeness (QED) is 0.474. The van der Waals surface area contributed by atoms with Crippen molar-refractivity contribution >= 4 is 34.6 Å². The molecule has 0 radical (unpaired) electrons. The van der Waals surface area contributed by atoms with Gasteiger partial charge >= 0.3 is 6.18 Å². The van der Waals surface area contributed by atoms with Crippen molar-refractivity contribution in [1.82, 2.24) is 5.32 Å². The number of alkyl halides is 3. The Kier molecular flexibility index (Phi) is 7.67. The predicted molar refractivity (Wildman–Crippen MR) is 134 cm³/mol. The van der Waals surface area contributed by atoms with Crippen LogP contribution in [-0.2, 0) is 15.7 Å². The smallest absolute Gasteiger partial charge is 0.378 e. The molecular weight excluding hydrogens is 475 g/mol. The summed E-state index contributed by atoms with van der Waals surface area (Å²) >= 11 is 5.36. The van der Waals surface area contributed by atoms with Gasteiger partial charge in [0.2, 0.25) is 5.91 Å². The highest BCUT2D eigenvalue weighted by atomic mass is 32.1. The molecule has 3 aromatic carbocycles. The average Bonchev–Trinajstić information content (AvgIpc) is 2.85. The molecular formula is C26H24F3N3O2S. The van der Waals surface area contributed by atoms with Gasteiger partial charge in [-0.25, -0.2) is 0 Å². The third-order valence-electron chi connectivity index (χ3n) is 5.69. The first-order valence-corrected chi connectivity index (χ1v) is 11.5. The Morgan fingerprint density at radius 3 is 2.03 bits per heavy atom. The number of amides is 1. The van der Waals surface area contributed by atoms with Crippen molar-refractivity contribution < 1.29 is 22.7 Å². The summed E-state index contributed by atoms with van der Waals surface area (Å²) < 4.78 is 45.6. The molecule has 0 spiro atoms. The molecule has 0 bridgehead atoms. The van der Waals surface area contributed by atoms with Crippen LogP contribution in [0.15, 0.2) is 78.9 Å². The molecule has 5 nitrogen and oxygen atoms in total. The van der Waals surface area contributed by atoms with E-state index in [2.05, 4.69) is 10.6 Å². The molecule has 1 fully saturated rings. The van der Waals surface area contributed by atoms with Gasteiger partial charge in [-0.1, -0.05) is 60.7 Å². The molecule has 1 amide bonds. The van der Waals surface area contributed by atoms with E-state index < -0.39 is 17.7 Å². The number of anilines is 2. The molecule has 0 aromatic heterocycles. The van der Waals surface area contributed by atoms with E-state index in [4.69, 9.17) is 17.0 Å². The number of carbonyl (C=O) groups excluding carboxylic acids is 1. The Balaban J connectivity index is 1.58. The molecule has 1 saturated heterocycles. The van der Waals surface area contributed by atoms with Gasteiger partial charge in [-0.2, -0.15) is 13.2 Å². The van der Waals surface area contributed by atoms with Crippen LogP contribution < -0.4 is 15.5 Å². The van der Waals surface area contributed by atoms with E-state index in [0.717, 1.165) is 23.3 Å². The van der Waals surface area contributed by atoms with Crippen LogP contribution in [-0.4, -0.2) is 37.3 Å². The van der Waals surface area contributed by atoms with Gasteiger partial charge in [-0.3, -0.25) is 4.79 Å². The van der Waals surface area contributed by atoms with Gasteiger partial charge < -0.3 is 20.3 Å². The largest absolute Gasteiger partial charge is 0.416 e. The van der Waals surface area contributed by atoms with Gasteiger partial charge in [-0.15, -0.1) is 0 Å². The zero-order chi connectivity index (χ0) is 24.8. The van der Waals surface area contributed by atoms with E-state index in [0.29, 0.717) is 32.0 Å². The number of ether oxygens (including phenoxy) is 1. The molecule has 0 aliphatic carbocycles. The highest BCUT2D eigenvalue weighted by Crippen LogP contribution is 2.36. The van der Waals surface area contributed by atoms with Crippen LogP contribution in [0.1, 0.15) is 22.6 Å². The van der Waals surface area contributed by atoms with Gasteiger partial charge in [0.25, 0.3) is 0 Å². The highest BCUT2D eigenvalue weighted by Gasteiger charge is 2.32. The van der Waals surface area contributed by atoms with E-state index in [1.165, 1.54) is 6.07 Å². The van der Waals surface area contributed by atoms with Gasteiger partial charge in [0.05, 0.1) is 36.1 Å². The van der Waals surface area contributed by atoms with Crippen LogP contribution in [0.4, 0.5) is 24.5 Å². The zero-order valence-electron chi connectivity index (χ0n) is 18.7. The minimum Gasteiger partial charge on any atom is -0.378 e. The second-order valence-corrected chi connectivity index (χ2v) is 8.44. The van der Waals surface area contributed by atoms with Crippen molar-refractivity contribution in [2.45, 2.75) is 12.1 Å². The fourth-order valence-corrected chi connectivity index (χ4v) is 4.23. The Labute approximate surface area is 206 Å². The maximum absolute atomic E-state index is 13.4. The molecule has 0 unspecified atom stereocenters. The maximum Gasteiger partial charge on any atom is 0.416 e. The first-order valence-electron chi connectivity index (χ1n) is 11.1. The number of rotatable bonds is 5. The van der Waals surface area contributed by atoms with Gasteiger partial charge in [0.15, 0.2) is 5.11 Å². The summed E-state index contributed by atoms with van der Waals surface area (Å²) in [7, 11) is 0. The summed E-state index contributed by atoms with van der Waals surface area (Å²) in [4.78, 5) is 15.2. The molecule has 0 saturated carbocycles. The number of benzene rings is 3. The molecule has 9 heteroatoms. The van der Waals surface area contributed by atoms with Crippen LogP contribution in [0.5, 0.6) is 0 Å². The molecule has 1 aliphatic rings. The number of morpholine rings is 1. The van der Waals surface area contributed by atoms with Gasteiger partial charge in [-0.05, 0) is 41.5 Å². The monoisotopic (exact) mass is 499 g/mol. The number of halogens is 3. The van der Waals surface area contributed by atoms with Crippen LogP contribution >= 0.6 is 12.2 Å². The lowest BCUT2D eigenvalue weighted by Gasteiger charge is -2.31. The SMILES string of the molecule is O=C(NC(=S)Nc1cc(C(F)(F)F)ccc1N1CCOCC1)C(c1ccccc1)c1ccccc1. The summed E-state index contributed by atoms with van der Waals surface area (Å²) in [5.41, 5.74) is 1.46. The second kappa shape index (κ2) is 10.9. The predicted octanol–water partition coefficient (Wildman–Crippen LogP) is 5.19. The molecule has 1 heterocycles. The zero-order valence-corrected chi connectivity index (χ0v) is 19.5.